The van der Waals surface area contributed by atoms with Crippen molar-refractivity contribution < 1.29 is 9.47 Å². The standard InChI is InChI=1S/C16H24ClNO2/c1-11(2)19-10-16(13-7-8-18-9-13)20-15-6-4-5-14(17)12(15)3/h4-6,11,13,16,18H,7-10H2,1-3H3/t13-,16-/m0/s1. The Balaban J connectivity index is 2.07. The van der Waals surface area contributed by atoms with E-state index >= 15 is 0 Å². The van der Waals surface area contributed by atoms with E-state index in [0.717, 1.165) is 35.8 Å². The third-order valence-corrected chi connectivity index (χ3v) is 4.12. The number of hydrogen-bond donors (Lipinski definition) is 1. The highest BCUT2D eigenvalue weighted by atomic mass is 35.5. The summed E-state index contributed by atoms with van der Waals surface area (Å²) in [6.45, 7) is 8.76. The van der Waals surface area contributed by atoms with Gasteiger partial charge in [-0.2, -0.15) is 0 Å². The van der Waals surface area contributed by atoms with Crippen LogP contribution in [-0.2, 0) is 4.74 Å². The molecule has 1 aromatic rings. The summed E-state index contributed by atoms with van der Waals surface area (Å²) in [4.78, 5) is 0. The zero-order chi connectivity index (χ0) is 14.5. The Morgan fingerprint density at radius 3 is 2.85 bits per heavy atom. The van der Waals surface area contributed by atoms with Crippen LogP contribution in [0, 0.1) is 12.8 Å². The van der Waals surface area contributed by atoms with Gasteiger partial charge in [0.05, 0.1) is 12.7 Å². The molecule has 0 aliphatic carbocycles. The summed E-state index contributed by atoms with van der Waals surface area (Å²) in [7, 11) is 0. The Bertz CT molecular complexity index is 430. The van der Waals surface area contributed by atoms with Crippen LogP contribution >= 0.6 is 11.6 Å². The Labute approximate surface area is 126 Å². The van der Waals surface area contributed by atoms with E-state index in [0.29, 0.717) is 12.5 Å². The molecule has 0 spiro atoms. The van der Waals surface area contributed by atoms with Gasteiger partial charge in [-0.3, -0.25) is 0 Å². The van der Waals surface area contributed by atoms with Crippen LogP contribution in [0.25, 0.3) is 0 Å². The second-order valence-corrected chi connectivity index (χ2v) is 6.06. The Kier molecular flexibility index (Phi) is 5.70. The molecule has 1 aromatic carbocycles. The summed E-state index contributed by atoms with van der Waals surface area (Å²) in [5.74, 6) is 1.36. The molecule has 0 saturated carbocycles. The summed E-state index contributed by atoms with van der Waals surface area (Å²) >= 11 is 6.16. The molecule has 1 N–H and O–H groups in total. The van der Waals surface area contributed by atoms with E-state index in [1.54, 1.807) is 0 Å². The van der Waals surface area contributed by atoms with E-state index in [1.165, 1.54) is 0 Å². The smallest absolute Gasteiger partial charge is 0.126 e. The van der Waals surface area contributed by atoms with E-state index in [1.807, 2.05) is 25.1 Å². The summed E-state index contributed by atoms with van der Waals surface area (Å²) in [5.41, 5.74) is 0.995. The first kappa shape index (κ1) is 15.6. The lowest BCUT2D eigenvalue weighted by atomic mass is 10.0. The van der Waals surface area contributed by atoms with Crippen molar-refractivity contribution in [2.75, 3.05) is 19.7 Å². The third-order valence-electron chi connectivity index (χ3n) is 3.71. The van der Waals surface area contributed by atoms with Gasteiger partial charge in [-0.15, -0.1) is 0 Å². The minimum atomic E-state index is 0.0737. The molecule has 0 unspecified atom stereocenters. The van der Waals surface area contributed by atoms with E-state index in [2.05, 4.69) is 19.2 Å². The van der Waals surface area contributed by atoms with Gasteiger partial charge in [0.25, 0.3) is 0 Å². The Morgan fingerprint density at radius 1 is 1.40 bits per heavy atom. The SMILES string of the molecule is Cc1c(Cl)cccc1O[C@@H](COC(C)C)[C@H]1CCNC1. The van der Waals surface area contributed by atoms with Crippen LogP contribution < -0.4 is 10.1 Å². The predicted octanol–water partition coefficient (Wildman–Crippen LogP) is 3.43. The Hall–Kier alpha value is -0.770. The number of ether oxygens (including phenoxy) is 2. The molecule has 0 aromatic heterocycles. The van der Waals surface area contributed by atoms with Crippen LogP contribution in [0.1, 0.15) is 25.8 Å². The maximum absolute atomic E-state index is 6.21. The molecular weight excluding hydrogens is 274 g/mol. The summed E-state index contributed by atoms with van der Waals surface area (Å²) in [6, 6.07) is 5.80. The fourth-order valence-electron chi connectivity index (χ4n) is 2.43. The fourth-order valence-corrected chi connectivity index (χ4v) is 2.59. The second-order valence-electron chi connectivity index (χ2n) is 5.65. The van der Waals surface area contributed by atoms with Gasteiger partial charge in [-0.25, -0.2) is 0 Å². The molecule has 112 valence electrons. The highest BCUT2D eigenvalue weighted by Gasteiger charge is 2.27. The van der Waals surface area contributed by atoms with Gasteiger partial charge >= 0.3 is 0 Å². The lowest BCUT2D eigenvalue weighted by molar-refractivity contribution is -0.00390. The maximum Gasteiger partial charge on any atom is 0.126 e. The van der Waals surface area contributed by atoms with Gasteiger partial charge in [0, 0.05) is 23.0 Å². The summed E-state index contributed by atoms with van der Waals surface area (Å²) in [5, 5.41) is 4.14. The predicted molar refractivity (Wildman–Crippen MR) is 82.7 cm³/mol. The second kappa shape index (κ2) is 7.30. The molecule has 0 bridgehead atoms. The largest absolute Gasteiger partial charge is 0.487 e. The normalized spacial score (nSPS) is 20.4. The first-order chi connectivity index (χ1) is 9.58. The van der Waals surface area contributed by atoms with Crippen LogP contribution in [-0.4, -0.2) is 31.9 Å². The van der Waals surface area contributed by atoms with Gasteiger partial charge in [-0.05, 0) is 45.9 Å². The van der Waals surface area contributed by atoms with E-state index in [9.17, 15) is 0 Å². The van der Waals surface area contributed by atoms with Gasteiger partial charge in [0.1, 0.15) is 11.9 Å². The molecule has 1 heterocycles. The number of nitrogens with one attached hydrogen (secondary N) is 1. The average Bonchev–Trinajstić information content (AvgIpc) is 2.93. The van der Waals surface area contributed by atoms with Crippen LogP contribution in [0.4, 0.5) is 0 Å². The number of halogens is 1. The first-order valence-corrected chi connectivity index (χ1v) is 7.70. The van der Waals surface area contributed by atoms with Crippen molar-refractivity contribution in [2.24, 2.45) is 5.92 Å². The molecule has 1 aliphatic rings. The third kappa shape index (κ3) is 4.11. The molecule has 2 atom stereocenters. The highest BCUT2D eigenvalue weighted by Crippen LogP contribution is 2.28. The zero-order valence-electron chi connectivity index (χ0n) is 12.5. The molecule has 1 saturated heterocycles. The van der Waals surface area contributed by atoms with Crippen molar-refractivity contribution in [2.45, 2.75) is 39.4 Å². The van der Waals surface area contributed by atoms with E-state index < -0.39 is 0 Å². The van der Waals surface area contributed by atoms with E-state index in [4.69, 9.17) is 21.1 Å². The maximum atomic E-state index is 6.21. The van der Waals surface area contributed by atoms with Crippen LogP contribution in [0.2, 0.25) is 5.02 Å². The fraction of sp³-hybridized carbons (Fsp3) is 0.625. The van der Waals surface area contributed by atoms with Gasteiger partial charge in [0.2, 0.25) is 0 Å². The lowest BCUT2D eigenvalue weighted by Crippen LogP contribution is -2.34. The van der Waals surface area contributed by atoms with Crippen molar-refractivity contribution in [1.29, 1.82) is 0 Å². The zero-order valence-corrected chi connectivity index (χ0v) is 13.2. The van der Waals surface area contributed by atoms with Crippen molar-refractivity contribution in [3.63, 3.8) is 0 Å². The van der Waals surface area contributed by atoms with Crippen molar-refractivity contribution >= 4 is 11.6 Å². The van der Waals surface area contributed by atoms with Crippen LogP contribution in [0.15, 0.2) is 18.2 Å². The molecule has 0 amide bonds. The quantitative estimate of drug-likeness (QED) is 0.872. The minimum absolute atomic E-state index is 0.0737. The van der Waals surface area contributed by atoms with Gasteiger partial charge in [0.15, 0.2) is 0 Å². The highest BCUT2D eigenvalue weighted by molar-refractivity contribution is 6.31. The lowest BCUT2D eigenvalue weighted by Gasteiger charge is -2.26. The minimum Gasteiger partial charge on any atom is -0.487 e. The van der Waals surface area contributed by atoms with Crippen molar-refractivity contribution in [3.05, 3.63) is 28.8 Å². The van der Waals surface area contributed by atoms with Crippen molar-refractivity contribution in [3.8, 4) is 5.75 Å². The van der Waals surface area contributed by atoms with Gasteiger partial charge < -0.3 is 14.8 Å². The molecule has 20 heavy (non-hydrogen) atoms. The summed E-state index contributed by atoms with van der Waals surface area (Å²) in [6.07, 6.45) is 1.42. The molecule has 0 radical (unpaired) electrons. The molecule has 2 rings (SSSR count). The van der Waals surface area contributed by atoms with Gasteiger partial charge in [-0.1, -0.05) is 17.7 Å². The van der Waals surface area contributed by atoms with Crippen LogP contribution in [0.3, 0.4) is 0 Å². The molecule has 1 fully saturated rings. The van der Waals surface area contributed by atoms with E-state index in [-0.39, 0.29) is 12.2 Å². The topological polar surface area (TPSA) is 30.5 Å². The number of rotatable bonds is 6. The van der Waals surface area contributed by atoms with Crippen molar-refractivity contribution in [1.82, 2.24) is 5.32 Å². The average molecular weight is 298 g/mol. The molecule has 3 nitrogen and oxygen atoms in total. The first-order valence-electron chi connectivity index (χ1n) is 7.32. The summed E-state index contributed by atoms with van der Waals surface area (Å²) < 4.78 is 12.0. The number of hydrogen-bond acceptors (Lipinski definition) is 3. The monoisotopic (exact) mass is 297 g/mol. The van der Waals surface area contributed by atoms with Crippen LogP contribution in [0.5, 0.6) is 5.75 Å². The molecule has 4 heteroatoms. The number of benzene rings is 1. The Morgan fingerprint density at radius 2 is 2.20 bits per heavy atom. The molecular formula is C16H24ClNO2. The molecule has 1 aliphatic heterocycles.